The zero-order valence-electron chi connectivity index (χ0n) is 10.8. The Labute approximate surface area is 107 Å². The predicted octanol–water partition coefficient (Wildman–Crippen LogP) is 1.35. The van der Waals surface area contributed by atoms with Crippen LogP contribution in [0.2, 0.25) is 0 Å². The highest BCUT2D eigenvalue weighted by Gasteiger charge is 2.51. The molecule has 1 heterocycles. The molecule has 0 amide bonds. The van der Waals surface area contributed by atoms with Crippen molar-refractivity contribution >= 4 is 0 Å². The first-order valence-corrected chi connectivity index (χ1v) is 7.21. The van der Waals surface area contributed by atoms with Crippen LogP contribution in [0.5, 0.6) is 0 Å². The number of tetrazole rings is 1. The molecule has 0 aromatic carbocycles. The summed E-state index contributed by atoms with van der Waals surface area (Å²) in [4.78, 5) is 0. The molecule has 2 N–H and O–H groups in total. The molecule has 5 heteroatoms. The fraction of sp³-hybridized carbons (Fsp3) is 0.923. The predicted molar refractivity (Wildman–Crippen MR) is 66.3 cm³/mol. The molecule has 0 radical (unpaired) electrons. The number of hydrogen-bond acceptors (Lipinski definition) is 4. The van der Waals surface area contributed by atoms with Gasteiger partial charge < -0.3 is 5.73 Å². The fourth-order valence-electron chi connectivity index (χ4n) is 5.29. The van der Waals surface area contributed by atoms with Crippen LogP contribution in [0.4, 0.5) is 0 Å². The van der Waals surface area contributed by atoms with Gasteiger partial charge in [-0.1, -0.05) is 0 Å². The molecule has 1 aromatic rings. The largest absolute Gasteiger partial charge is 0.324 e. The Morgan fingerprint density at radius 3 is 2.28 bits per heavy atom. The average molecular weight is 247 g/mol. The zero-order chi connectivity index (χ0) is 12.2. The molecular formula is C13H21N5. The Morgan fingerprint density at radius 2 is 1.72 bits per heavy atom. The molecule has 0 aliphatic heterocycles. The summed E-state index contributed by atoms with van der Waals surface area (Å²) in [6.07, 6.45) is 8.63. The molecule has 0 unspecified atom stereocenters. The second kappa shape index (κ2) is 3.76. The minimum atomic E-state index is 0.444. The Kier molecular flexibility index (Phi) is 2.28. The van der Waals surface area contributed by atoms with E-state index < -0.39 is 0 Å². The monoisotopic (exact) mass is 247 g/mol. The van der Waals surface area contributed by atoms with Crippen molar-refractivity contribution < 1.29 is 0 Å². The SMILES string of the molecule is NCc1nnnn1CC12CC3CC(CC(C3)C1)C2. The summed E-state index contributed by atoms with van der Waals surface area (Å²) >= 11 is 0. The second-order valence-electron chi connectivity index (χ2n) is 6.87. The van der Waals surface area contributed by atoms with Crippen molar-refractivity contribution in [3.05, 3.63) is 5.82 Å². The van der Waals surface area contributed by atoms with Crippen LogP contribution in [-0.4, -0.2) is 20.2 Å². The van der Waals surface area contributed by atoms with E-state index >= 15 is 0 Å². The Morgan fingerprint density at radius 1 is 1.11 bits per heavy atom. The number of rotatable bonds is 3. The molecular weight excluding hydrogens is 226 g/mol. The van der Waals surface area contributed by atoms with Gasteiger partial charge in [0.15, 0.2) is 5.82 Å². The molecule has 98 valence electrons. The third kappa shape index (κ3) is 1.60. The molecule has 4 fully saturated rings. The van der Waals surface area contributed by atoms with Crippen molar-refractivity contribution in [2.24, 2.45) is 28.9 Å². The molecule has 0 spiro atoms. The number of nitrogens with two attached hydrogens (primary N) is 1. The molecule has 5 rings (SSSR count). The van der Waals surface area contributed by atoms with Crippen molar-refractivity contribution in [3.8, 4) is 0 Å². The van der Waals surface area contributed by atoms with Crippen molar-refractivity contribution in [1.82, 2.24) is 20.2 Å². The van der Waals surface area contributed by atoms with E-state index in [0.29, 0.717) is 12.0 Å². The van der Waals surface area contributed by atoms with Gasteiger partial charge in [-0.05, 0) is 72.1 Å². The first-order chi connectivity index (χ1) is 8.76. The minimum absolute atomic E-state index is 0.444. The van der Waals surface area contributed by atoms with Gasteiger partial charge in [-0.2, -0.15) is 0 Å². The lowest BCUT2D eigenvalue weighted by Gasteiger charge is -2.56. The molecule has 1 aromatic heterocycles. The van der Waals surface area contributed by atoms with E-state index in [1.165, 1.54) is 38.5 Å². The Balaban J connectivity index is 1.61. The zero-order valence-corrected chi connectivity index (χ0v) is 10.8. The second-order valence-corrected chi connectivity index (χ2v) is 6.87. The smallest absolute Gasteiger partial charge is 0.164 e. The van der Waals surface area contributed by atoms with Crippen LogP contribution < -0.4 is 5.73 Å². The number of hydrogen-bond donors (Lipinski definition) is 1. The molecule has 4 saturated carbocycles. The molecule has 4 aliphatic rings. The van der Waals surface area contributed by atoms with Gasteiger partial charge in [-0.15, -0.1) is 5.10 Å². The van der Waals surface area contributed by atoms with E-state index in [4.69, 9.17) is 5.73 Å². The molecule has 4 aliphatic carbocycles. The lowest BCUT2D eigenvalue weighted by molar-refractivity contribution is -0.0641. The van der Waals surface area contributed by atoms with Gasteiger partial charge in [-0.3, -0.25) is 0 Å². The van der Waals surface area contributed by atoms with Crippen LogP contribution in [-0.2, 0) is 13.1 Å². The van der Waals surface area contributed by atoms with Crippen LogP contribution in [0.15, 0.2) is 0 Å². The molecule has 0 atom stereocenters. The Bertz CT molecular complexity index is 417. The van der Waals surface area contributed by atoms with Gasteiger partial charge in [0.05, 0.1) is 13.1 Å². The van der Waals surface area contributed by atoms with Gasteiger partial charge in [-0.25, -0.2) is 4.68 Å². The molecule has 18 heavy (non-hydrogen) atoms. The van der Waals surface area contributed by atoms with E-state index in [2.05, 4.69) is 15.5 Å². The van der Waals surface area contributed by atoms with Crippen LogP contribution in [0.1, 0.15) is 44.3 Å². The van der Waals surface area contributed by atoms with Crippen molar-refractivity contribution in [1.29, 1.82) is 0 Å². The lowest BCUT2D eigenvalue weighted by atomic mass is 9.49. The normalized spacial score (nSPS) is 41.5. The molecule has 5 nitrogen and oxygen atoms in total. The highest BCUT2D eigenvalue weighted by Crippen LogP contribution is 2.60. The van der Waals surface area contributed by atoms with E-state index in [9.17, 15) is 0 Å². The van der Waals surface area contributed by atoms with Crippen molar-refractivity contribution in [2.45, 2.75) is 51.6 Å². The quantitative estimate of drug-likeness (QED) is 0.875. The van der Waals surface area contributed by atoms with Gasteiger partial charge in [0.2, 0.25) is 0 Å². The van der Waals surface area contributed by atoms with Crippen LogP contribution in [0.3, 0.4) is 0 Å². The number of aromatic nitrogens is 4. The van der Waals surface area contributed by atoms with E-state index in [1.807, 2.05) is 4.68 Å². The van der Waals surface area contributed by atoms with Gasteiger partial charge in [0, 0.05) is 0 Å². The van der Waals surface area contributed by atoms with Crippen LogP contribution in [0.25, 0.3) is 0 Å². The average Bonchev–Trinajstić information content (AvgIpc) is 2.73. The first-order valence-electron chi connectivity index (χ1n) is 7.21. The minimum Gasteiger partial charge on any atom is -0.324 e. The number of nitrogens with zero attached hydrogens (tertiary/aromatic N) is 4. The maximum Gasteiger partial charge on any atom is 0.164 e. The van der Waals surface area contributed by atoms with E-state index in [-0.39, 0.29) is 0 Å². The molecule has 4 bridgehead atoms. The van der Waals surface area contributed by atoms with E-state index in [1.54, 1.807) is 0 Å². The molecule has 0 saturated heterocycles. The maximum absolute atomic E-state index is 5.70. The summed E-state index contributed by atoms with van der Waals surface area (Å²) in [7, 11) is 0. The van der Waals surface area contributed by atoms with Gasteiger partial charge >= 0.3 is 0 Å². The van der Waals surface area contributed by atoms with Crippen LogP contribution in [0, 0.1) is 23.2 Å². The first kappa shape index (κ1) is 10.9. The highest BCUT2D eigenvalue weighted by molar-refractivity contribution is 5.01. The third-order valence-electron chi connectivity index (χ3n) is 5.44. The standard InChI is InChI=1S/C13H21N5/c14-7-12-15-16-17-18(12)8-13-4-9-1-10(5-13)3-11(2-9)6-13/h9-11H,1-8,14H2. The Hall–Kier alpha value is -0.970. The summed E-state index contributed by atoms with van der Waals surface area (Å²) in [5.74, 6) is 3.78. The summed E-state index contributed by atoms with van der Waals surface area (Å²) in [6, 6.07) is 0. The topological polar surface area (TPSA) is 69.6 Å². The van der Waals surface area contributed by atoms with Crippen LogP contribution >= 0.6 is 0 Å². The lowest BCUT2D eigenvalue weighted by Crippen LogP contribution is -2.48. The van der Waals surface area contributed by atoms with Gasteiger partial charge in [0.25, 0.3) is 0 Å². The third-order valence-corrected chi connectivity index (χ3v) is 5.44. The summed E-state index contributed by atoms with van der Waals surface area (Å²) in [6.45, 7) is 1.44. The van der Waals surface area contributed by atoms with E-state index in [0.717, 1.165) is 30.1 Å². The van der Waals surface area contributed by atoms with Crippen molar-refractivity contribution in [3.63, 3.8) is 0 Å². The summed E-state index contributed by atoms with van der Waals surface area (Å²) < 4.78 is 1.97. The fourth-order valence-corrected chi connectivity index (χ4v) is 5.29. The van der Waals surface area contributed by atoms with Gasteiger partial charge in [0.1, 0.15) is 0 Å². The highest BCUT2D eigenvalue weighted by atomic mass is 15.5. The van der Waals surface area contributed by atoms with Crippen molar-refractivity contribution in [2.75, 3.05) is 0 Å². The maximum atomic E-state index is 5.70. The summed E-state index contributed by atoms with van der Waals surface area (Å²) in [5.41, 5.74) is 6.18. The summed E-state index contributed by atoms with van der Waals surface area (Å²) in [5, 5.41) is 11.9.